The van der Waals surface area contributed by atoms with E-state index in [1.807, 2.05) is 24.3 Å². The minimum absolute atomic E-state index is 0.562. The molecule has 1 aliphatic carbocycles. The van der Waals surface area contributed by atoms with Crippen LogP contribution in [0.2, 0.25) is 0 Å². The van der Waals surface area contributed by atoms with Gasteiger partial charge in [-0.25, -0.2) is 0 Å². The molecule has 21 heavy (non-hydrogen) atoms. The van der Waals surface area contributed by atoms with E-state index in [-0.39, 0.29) is 0 Å². The number of rotatable bonds is 4. The predicted molar refractivity (Wildman–Crippen MR) is 83.2 cm³/mol. The summed E-state index contributed by atoms with van der Waals surface area (Å²) in [7, 11) is 0. The zero-order valence-corrected chi connectivity index (χ0v) is 12.2. The van der Waals surface area contributed by atoms with Crippen LogP contribution in [0, 0.1) is 0 Å². The van der Waals surface area contributed by atoms with Gasteiger partial charge in [-0.2, -0.15) is 0 Å². The molecule has 0 heterocycles. The van der Waals surface area contributed by atoms with E-state index in [9.17, 15) is 0 Å². The molecule has 0 amide bonds. The molecule has 0 spiro atoms. The van der Waals surface area contributed by atoms with Gasteiger partial charge in [-0.15, -0.1) is 0 Å². The van der Waals surface area contributed by atoms with Crippen LogP contribution in [-0.4, -0.2) is 10.9 Å². The molecule has 2 aromatic carbocycles. The maximum atomic E-state index is 8.82. The maximum Gasteiger partial charge on any atom is 0.120 e. The Balaban J connectivity index is 1.70. The summed E-state index contributed by atoms with van der Waals surface area (Å²) in [6, 6.07) is 14.2. The lowest BCUT2D eigenvalue weighted by Crippen LogP contribution is -1.99. The first-order valence-electron chi connectivity index (χ1n) is 7.29. The van der Waals surface area contributed by atoms with Crippen LogP contribution in [0.1, 0.15) is 35.6 Å². The molecule has 0 radical (unpaired) electrons. The second kappa shape index (κ2) is 6.00. The molecule has 108 valence electrons. The Hall–Kier alpha value is -2.29. The first-order valence-corrected chi connectivity index (χ1v) is 7.29. The molecular formula is C18H19NO2. The van der Waals surface area contributed by atoms with E-state index in [0.717, 1.165) is 11.3 Å². The van der Waals surface area contributed by atoms with E-state index in [4.69, 9.17) is 9.94 Å². The zero-order valence-electron chi connectivity index (χ0n) is 12.2. The number of hydrogen-bond donors (Lipinski definition) is 1. The van der Waals surface area contributed by atoms with Crippen LogP contribution >= 0.6 is 0 Å². The predicted octanol–water partition coefficient (Wildman–Crippen LogP) is 3.95. The number of benzene rings is 2. The van der Waals surface area contributed by atoms with Crippen molar-refractivity contribution in [3.8, 4) is 5.75 Å². The maximum absolute atomic E-state index is 8.82. The molecule has 3 heteroatoms. The summed E-state index contributed by atoms with van der Waals surface area (Å²) in [6.45, 7) is 2.33. The fraction of sp³-hybridized carbons (Fsp3) is 0.278. The number of nitrogens with zero attached hydrogens (tertiary/aromatic N) is 1. The van der Waals surface area contributed by atoms with Crippen molar-refractivity contribution in [2.45, 2.75) is 32.8 Å². The van der Waals surface area contributed by atoms with Crippen molar-refractivity contribution < 1.29 is 9.94 Å². The first kappa shape index (κ1) is 13.7. The van der Waals surface area contributed by atoms with Crippen molar-refractivity contribution >= 4 is 5.71 Å². The highest BCUT2D eigenvalue weighted by Gasteiger charge is 2.10. The van der Waals surface area contributed by atoms with E-state index in [1.165, 1.54) is 36.0 Å². The normalized spacial score (nSPS) is 14.0. The molecule has 0 saturated carbocycles. The van der Waals surface area contributed by atoms with Crippen molar-refractivity contribution in [1.82, 2.24) is 0 Å². The van der Waals surface area contributed by atoms with Gasteiger partial charge < -0.3 is 9.94 Å². The molecule has 1 aliphatic rings. The number of fused-ring (bicyclic) bond motifs is 1. The van der Waals surface area contributed by atoms with Gasteiger partial charge in [0.15, 0.2) is 0 Å². The van der Waals surface area contributed by atoms with Crippen molar-refractivity contribution in [1.29, 1.82) is 0 Å². The van der Waals surface area contributed by atoms with Gasteiger partial charge in [0, 0.05) is 5.56 Å². The zero-order chi connectivity index (χ0) is 14.7. The van der Waals surface area contributed by atoms with Crippen LogP contribution in [0.4, 0.5) is 0 Å². The topological polar surface area (TPSA) is 41.8 Å². The van der Waals surface area contributed by atoms with Crippen molar-refractivity contribution in [2.75, 3.05) is 0 Å². The third kappa shape index (κ3) is 3.07. The minimum Gasteiger partial charge on any atom is -0.489 e. The largest absolute Gasteiger partial charge is 0.489 e. The molecule has 3 nitrogen and oxygen atoms in total. The third-order valence-corrected chi connectivity index (χ3v) is 3.97. The van der Waals surface area contributed by atoms with Crippen molar-refractivity contribution in [2.24, 2.45) is 5.16 Å². The summed E-state index contributed by atoms with van der Waals surface area (Å²) in [5.41, 5.74) is 5.60. The highest BCUT2D eigenvalue weighted by atomic mass is 16.5. The summed E-state index contributed by atoms with van der Waals surface area (Å²) in [4.78, 5) is 0. The van der Waals surface area contributed by atoms with Gasteiger partial charge in [0.2, 0.25) is 0 Å². The van der Waals surface area contributed by atoms with E-state index in [1.54, 1.807) is 6.92 Å². The number of ether oxygens (including phenoxy) is 1. The molecule has 3 rings (SSSR count). The molecule has 0 aliphatic heterocycles. The van der Waals surface area contributed by atoms with E-state index >= 15 is 0 Å². The summed E-state index contributed by atoms with van der Waals surface area (Å²) in [5, 5.41) is 12.0. The monoisotopic (exact) mass is 281 g/mol. The van der Waals surface area contributed by atoms with E-state index < -0.39 is 0 Å². The summed E-state index contributed by atoms with van der Waals surface area (Å²) >= 11 is 0. The lowest BCUT2D eigenvalue weighted by molar-refractivity contribution is 0.306. The number of aryl methyl sites for hydroxylation is 2. The standard InChI is InChI=1S/C18H19NO2/c1-13(19-20)16-5-3-7-18(11-16)21-12-14-8-9-15-4-2-6-17(15)10-14/h3,5,7-11,20H,2,4,6,12H2,1H3. The first-order chi connectivity index (χ1) is 10.3. The Morgan fingerprint density at radius 1 is 1.14 bits per heavy atom. The van der Waals surface area contributed by atoms with Gasteiger partial charge in [0.05, 0.1) is 5.71 Å². The van der Waals surface area contributed by atoms with Gasteiger partial charge in [0.1, 0.15) is 12.4 Å². The van der Waals surface area contributed by atoms with Gasteiger partial charge >= 0.3 is 0 Å². The molecule has 2 aromatic rings. The summed E-state index contributed by atoms with van der Waals surface area (Å²) in [6.07, 6.45) is 3.66. The average Bonchev–Trinajstić information content (AvgIpc) is 3.00. The van der Waals surface area contributed by atoms with Crippen molar-refractivity contribution in [3.05, 3.63) is 64.7 Å². The highest BCUT2D eigenvalue weighted by Crippen LogP contribution is 2.23. The Bertz CT molecular complexity index is 677. The Morgan fingerprint density at radius 3 is 2.86 bits per heavy atom. The van der Waals surface area contributed by atoms with E-state index in [0.29, 0.717) is 12.3 Å². The van der Waals surface area contributed by atoms with Crippen LogP contribution in [-0.2, 0) is 19.4 Å². The minimum atomic E-state index is 0.562. The smallest absolute Gasteiger partial charge is 0.120 e. The lowest BCUT2D eigenvalue weighted by Gasteiger charge is -2.09. The molecule has 0 saturated heterocycles. The van der Waals surface area contributed by atoms with Gasteiger partial charge in [0.25, 0.3) is 0 Å². The van der Waals surface area contributed by atoms with E-state index in [2.05, 4.69) is 23.4 Å². The fourth-order valence-electron chi connectivity index (χ4n) is 2.75. The summed E-state index contributed by atoms with van der Waals surface area (Å²) < 4.78 is 5.85. The number of oxime groups is 1. The SMILES string of the molecule is CC(=NO)c1cccc(OCc2ccc3c(c2)CCC3)c1. The molecule has 0 bridgehead atoms. The average molecular weight is 281 g/mol. The quantitative estimate of drug-likeness (QED) is 0.524. The van der Waals surface area contributed by atoms with Crippen LogP contribution in [0.5, 0.6) is 5.75 Å². The Kier molecular flexibility index (Phi) is 3.91. The molecule has 0 unspecified atom stereocenters. The van der Waals surface area contributed by atoms with Crippen LogP contribution in [0.3, 0.4) is 0 Å². The molecular weight excluding hydrogens is 262 g/mol. The lowest BCUT2D eigenvalue weighted by atomic mass is 10.1. The highest BCUT2D eigenvalue weighted by molar-refractivity contribution is 5.98. The molecule has 0 aromatic heterocycles. The second-order valence-corrected chi connectivity index (χ2v) is 5.46. The molecule has 0 atom stereocenters. The van der Waals surface area contributed by atoms with Gasteiger partial charge in [-0.3, -0.25) is 0 Å². The van der Waals surface area contributed by atoms with Crippen molar-refractivity contribution in [3.63, 3.8) is 0 Å². The van der Waals surface area contributed by atoms with Gasteiger partial charge in [-0.05, 0) is 55.0 Å². The third-order valence-electron chi connectivity index (χ3n) is 3.97. The summed E-state index contributed by atoms with van der Waals surface area (Å²) in [5.74, 6) is 0.788. The fourth-order valence-corrected chi connectivity index (χ4v) is 2.75. The Labute approximate surface area is 124 Å². The van der Waals surface area contributed by atoms with Gasteiger partial charge in [-0.1, -0.05) is 35.5 Å². The van der Waals surface area contributed by atoms with Crippen LogP contribution < -0.4 is 4.74 Å². The second-order valence-electron chi connectivity index (χ2n) is 5.46. The molecule has 0 fully saturated rings. The Morgan fingerprint density at radius 2 is 2.00 bits per heavy atom. The van der Waals surface area contributed by atoms with Crippen LogP contribution in [0.15, 0.2) is 47.6 Å². The van der Waals surface area contributed by atoms with Crippen LogP contribution in [0.25, 0.3) is 0 Å². The molecule has 1 N–H and O–H groups in total. The number of hydrogen-bond acceptors (Lipinski definition) is 3.